The van der Waals surface area contributed by atoms with Gasteiger partial charge in [-0.25, -0.2) is 0 Å². The molecular formula is C12H25ClN2O. The molecule has 0 aromatic rings. The van der Waals surface area contributed by atoms with Crippen molar-refractivity contribution in [3.63, 3.8) is 0 Å². The zero-order valence-corrected chi connectivity index (χ0v) is 11.2. The summed E-state index contributed by atoms with van der Waals surface area (Å²) in [4.78, 5) is 11.4. The zero-order valence-electron chi connectivity index (χ0n) is 10.4. The summed E-state index contributed by atoms with van der Waals surface area (Å²) in [5, 5.41) is 3.01. The van der Waals surface area contributed by atoms with Gasteiger partial charge < -0.3 is 11.1 Å². The van der Waals surface area contributed by atoms with E-state index >= 15 is 0 Å². The predicted molar refractivity (Wildman–Crippen MR) is 69.6 cm³/mol. The van der Waals surface area contributed by atoms with E-state index in [0.717, 1.165) is 19.4 Å². The van der Waals surface area contributed by atoms with Crippen LogP contribution in [-0.2, 0) is 4.79 Å². The Balaban J connectivity index is 0.00000225. The SMILES string of the molecule is CC(C)CC(=O)NCC1CCCC(N)C1.Cl. The maximum atomic E-state index is 11.4. The normalized spacial score (nSPS) is 25.0. The molecule has 1 aliphatic carbocycles. The number of nitrogens with one attached hydrogen (secondary N) is 1. The van der Waals surface area contributed by atoms with E-state index in [1.54, 1.807) is 0 Å². The third-order valence-corrected chi connectivity index (χ3v) is 3.00. The van der Waals surface area contributed by atoms with Crippen LogP contribution in [0.3, 0.4) is 0 Å². The molecule has 0 saturated heterocycles. The maximum Gasteiger partial charge on any atom is 0.220 e. The molecule has 3 N–H and O–H groups in total. The van der Waals surface area contributed by atoms with Gasteiger partial charge in [0.25, 0.3) is 0 Å². The van der Waals surface area contributed by atoms with Crippen LogP contribution < -0.4 is 11.1 Å². The summed E-state index contributed by atoms with van der Waals surface area (Å²) in [5.74, 6) is 1.23. The van der Waals surface area contributed by atoms with Gasteiger partial charge in [-0.15, -0.1) is 12.4 Å². The number of halogens is 1. The van der Waals surface area contributed by atoms with Crippen LogP contribution in [0.25, 0.3) is 0 Å². The molecule has 0 bridgehead atoms. The van der Waals surface area contributed by atoms with Gasteiger partial charge in [0.2, 0.25) is 5.91 Å². The van der Waals surface area contributed by atoms with E-state index in [1.807, 2.05) is 0 Å². The first-order chi connectivity index (χ1) is 7.08. The van der Waals surface area contributed by atoms with Gasteiger partial charge in [0.05, 0.1) is 0 Å². The molecule has 1 fully saturated rings. The van der Waals surface area contributed by atoms with Crippen LogP contribution in [0.15, 0.2) is 0 Å². The van der Waals surface area contributed by atoms with Gasteiger partial charge in [-0.05, 0) is 31.1 Å². The molecule has 2 atom stereocenters. The third-order valence-electron chi connectivity index (χ3n) is 3.00. The summed E-state index contributed by atoms with van der Waals surface area (Å²) in [5.41, 5.74) is 5.90. The van der Waals surface area contributed by atoms with E-state index in [9.17, 15) is 4.79 Å². The number of carbonyl (C=O) groups excluding carboxylic acids is 1. The highest BCUT2D eigenvalue weighted by atomic mass is 35.5. The molecule has 2 unspecified atom stereocenters. The van der Waals surface area contributed by atoms with Crippen molar-refractivity contribution in [1.29, 1.82) is 0 Å². The van der Waals surface area contributed by atoms with Crippen LogP contribution in [0, 0.1) is 11.8 Å². The van der Waals surface area contributed by atoms with Gasteiger partial charge in [-0.3, -0.25) is 4.79 Å². The van der Waals surface area contributed by atoms with Crippen molar-refractivity contribution in [2.24, 2.45) is 17.6 Å². The first-order valence-corrected chi connectivity index (χ1v) is 6.10. The van der Waals surface area contributed by atoms with E-state index in [-0.39, 0.29) is 18.3 Å². The monoisotopic (exact) mass is 248 g/mol. The summed E-state index contributed by atoms with van der Waals surface area (Å²) >= 11 is 0. The number of nitrogens with two attached hydrogens (primary N) is 1. The van der Waals surface area contributed by atoms with Gasteiger partial charge in [0.1, 0.15) is 0 Å². The molecule has 0 aromatic carbocycles. The quantitative estimate of drug-likeness (QED) is 0.801. The van der Waals surface area contributed by atoms with Crippen LogP contribution in [0.4, 0.5) is 0 Å². The first-order valence-electron chi connectivity index (χ1n) is 6.10. The Morgan fingerprint density at radius 3 is 2.69 bits per heavy atom. The molecule has 16 heavy (non-hydrogen) atoms. The van der Waals surface area contributed by atoms with Gasteiger partial charge in [-0.1, -0.05) is 20.3 Å². The Hall–Kier alpha value is -0.280. The number of amides is 1. The van der Waals surface area contributed by atoms with Crippen molar-refractivity contribution < 1.29 is 4.79 Å². The molecule has 96 valence electrons. The van der Waals surface area contributed by atoms with E-state index in [2.05, 4.69) is 19.2 Å². The summed E-state index contributed by atoms with van der Waals surface area (Å²) < 4.78 is 0. The number of carbonyl (C=O) groups is 1. The summed E-state index contributed by atoms with van der Waals surface area (Å²) in [6.45, 7) is 4.95. The number of hydrogen-bond donors (Lipinski definition) is 2. The first kappa shape index (κ1) is 15.7. The fourth-order valence-electron chi connectivity index (χ4n) is 2.22. The highest BCUT2D eigenvalue weighted by Gasteiger charge is 2.19. The van der Waals surface area contributed by atoms with Crippen LogP contribution in [0.5, 0.6) is 0 Å². The van der Waals surface area contributed by atoms with Crippen molar-refractivity contribution in [3.8, 4) is 0 Å². The molecule has 1 aliphatic rings. The molecule has 0 aliphatic heterocycles. The Kier molecular flexibility index (Phi) is 7.77. The van der Waals surface area contributed by atoms with Crippen molar-refractivity contribution in [1.82, 2.24) is 5.32 Å². The lowest BCUT2D eigenvalue weighted by atomic mass is 9.86. The molecule has 1 saturated carbocycles. The van der Waals surface area contributed by atoms with Crippen molar-refractivity contribution in [2.45, 2.75) is 52.0 Å². The Morgan fingerprint density at radius 1 is 1.44 bits per heavy atom. The molecule has 1 rings (SSSR count). The second-order valence-electron chi connectivity index (χ2n) is 5.19. The van der Waals surface area contributed by atoms with E-state index < -0.39 is 0 Å². The molecule has 1 amide bonds. The fraction of sp³-hybridized carbons (Fsp3) is 0.917. The standard InChI is InChI=1S/C12H24N2O.ClH/c1-9(2)6-12(15)14-8-10-4-3-5-11(13)7-10;/h9-11H,3-8,13H2,1-2H3,(H,14,15);1H. The molecular weight excluding hydrogens is 224 g/mol. The fourth-order valence-corrected chi connectivity index (χ4v) is 2.22. The van der Waals surface area contributed by atoms with E-state index in [4.69, 9.17) is 5.73 Å². The van der Waals surface area contributed by atoms with E-state index in [1.165, 1.54) is 12.8 Å². The Morgan fingerprint density at radius 2 is 2.12 bits per heavy atom. The highest BCUT2D eigenvalue weighted by Crippen LogP contribution is 2.22. The van der Waals surface area contributed by atoms with Crippen LogP contribution in [0.2, 0.25) is 0 Å². The van der Waals surface area contributed by atoms with Gasteiger partial charge in [-0.2, -0.15) is 0 Å². The number of hydrogen-bond acceptors (Lipinski definition) is 2. The smallest absolute Gasteiger partial charge is 0.220 e. The average molecular weight is 249 g/mol. The predicted octanol–water partition coefficient (Wildman–Crippen LogP) is 2.09. The molecule has 4 heteroatoms. The van der Waals surface area contributed by atoms with Crippen molar-refractivity contribution >= 4 is 18.3 Å². The lowest BCUT2D eigenvalue weighted by Gasteiger charge is -2.26. The largest absolute Gasteiger partial charge is 0.356 e. The van der Waals surface area contributed by atoms with Crippen LogP contribution >= 0.6 is 12.4 Å². The minimum absolute atomic E-state index is 0. The van der Waals surface area contributed by atoms with Crippen LogP contribution in [-0.4, -0.2) is 18.5 Å². The summed E-state index contributed by atoms with van der Waals surface area (Å²) in [7, 11) is 0. The second-order valence-corrected chi connectivity index (χ2v) is 5.19. The molecule has 3 nitrogen and oxygen atoms in total. The topological polar surface area (TPSA) is 55.1 Å². The maximum absolute atomic E-state index is 11.4. The average Bonchev–Trinajstić information content (AvgIpc) is 2.14. The minimum atomic E-state index is 0. The molecule has 0 heterocycles. The number of rotatable bonds is 4. The van der Waals surface area contributed by atoms with Gasteiger partial charge in [0.15, 0.2) is 0 Å². The minimum Gasteiger partial charge on any atom is -0.356 e. The lowest BCUT2D eigenvalue weighted by Crippen LogP contribution is -2.35. The van der Waals surface area contributed by atoms with Crippen molar-refractivity contribution in [3.05, 3.63) is 0 Å². The Labute approximate surface area is 105 Å². The lowest BCUT2D eigenvalue weighted by molar-refractivity contribution is -0.122. The van der Waals surface area contributed by atoms with Gasteiger partial charge in [0, 0.05) is 19.0 Å². The highest BCUT2D eigenvalue weighted by molar-refractivity contribution is 5.85. The third kappa shape index (κ3) is 6.33. The summed E-state index contributed by atoms with van der Waals surface area (Å²) in [6, 6.07) is 0.353. The molecule has 0 spiro atoms. The van der Waals surface area contributed by atoms with Gasteiger partial charge >= 0.3 is 0 Å². The molecule has 0 aromatic heterocycles. The summed E-state index contributed by atoms with van der Waals surface area (Å²) in [6.07, 6.45) is 5.29. The Bertz CT molecular complexity index is 209. The second kappa shape index (κ2) is 7.91. The van der Waals surface area contributed by atoms with Crippen molar-refractivity contribution in [2.75, 3.05) is 6.54 Å². The molecule has 0 radical (unpaired) electrons. The zero-order chi connectivity index (χ0) is 11.3. The van der Waals surface area contributed by atoms with Crippen LogP contribution in [0.1, 0.15) is 46.0 Å². The van der Waals surface area contributed by atoms with E-state index in [0.29, 0.717) is 24.3 Å².